The van der Waals surface area contributed by atoms with E-state index in [9.17, 15) is 4.79 Å². The van der Waals surface area contributed by atoms with Crippen LogP contribution in [0.25, 0.3) is 0 Å². The molecule has 0 aromatic heterocycles. The van der Waals surface area contributed by atoms with Crippen molar-refractivity contribution in [1.29, 1.82) is 0 Å². The molecule has 0 spiro atoms. The van der Waals surface area contributed by atoms with E-state index in [4.69, 9.17) is 5.73 Å². The number of nitrogens with one attached hydrogen (secondary N) is 1. The first-order valence-electron chi connectivity index (χ1n) is 7.13. The number of rotatable bonds is 5. The van der Waals surface area contributed by atoms with Crippen molar-refractivity contribution in [3.8, 4) is 0 Å². The molecular formula is C16H27N3O. The first-order chi connectivity index (χ1) is 9.25. The third-order valence-electron chi connectivity index (χ3n) is 4.23. The van der Waals surface area contributed by atoms with Gasteiger partial charge >= 0.3 is 0 Å². The van der Waals surface area contributed by atoms with Crippen LogP contribution in [0.4, 0.5) is 11.4 Å². The number of hydrogen-bond acceptors (Lipinski definition) is 3. The van der Waals surface area contributed by atoms with Gasteiger partial charge in [0.05, 0.1) is 6.04 Å². The Hall–Kier alpha value is -1.55. The standard InChI is InChI=1S/C16H27N3O/c1-10(2)12(4)19(6)13(5)16(20)18-15-9-7-8-14(17)11(15)3/h7-10,12-13H,17H2,1-6H3,(H,18,20). The summed E-state index contributed by atoms with van der Waals surface area (Å²) in [5, 5.41) is 2.96. The minimum atomic E-state index is -0.187. The molecule has 0 bridgehead atoms. The maximum atomic E-state index is 12.4. The number of benzene rings is 1. The Kier molecular flexibility index (Phi) is 5.57. The van der Waals surface area contributed by atoms with Crippen LogP contribution in [0.1, 0.15) is 33.3 Å². The lowest BCUT2D eigenvalue weighted by molar-refractivity contribution is -0.121. The zero-order valence-corrected chi connectivity index (χ0v) is 13.4. The lowest BCUT2D eigenvalue weighted by Crippen LogP contribution is -2.46. The molecule has 1 aromatic carbocycles. The molecule has 0 fully saturated rings. The van der Waals surface area contributed by atoms with Gasteiger partial charge in [0.2, 0.25) is 5.91 Å². The minimum Gasteiger partial charge on any atom is -0.398 e. The van der Waals surface area contributed by atoms with Crippen molar-refractivity contribution in [2.75, 3.05) is 18.1 Å². The van der Waals surface area contributed by atoms with Crippen LogP contribution < -0.4 is 11.1 Å². The van der Waals surface area contributed by atoms with E-state index in [-0.39, 0.29) is 11.9 Å². The molecule has 4 nitrogen and oxygen atoms in total. The van der Waals surface area contributed by atoms with E-state index in [0.717, 1.165) is 11.3 Å². The van der Waals surface area contributed by atoms with E-state index in [1.54, 1.807) is 0 Å². The fourth-order valence-electron chi connectivity index (χ4n) is 2.03. The highest BCUT2D eigenvalue weighted by molar-refractivity contribution is 5.95. The van der Waals surface area contributed by atoms with Crippen molar-refractivity contribution in [2.45, 2.75) is 46.7 Å². The van der Waals surface area contributed by atoms with Gasteiger partial charge in [-0.2, -0.15) is 0 Å². The van der Waals surface area contributed by atoms with Gasteiger partial charge in [-0.3, -0.25) is 9.69 Å². The normalized spacial score (nSPS) is 14.4. The van der Waals surface area contributed by atoms with Gasteiger partial charge in [-0.25, -0.2) is 0 Å². The highest BCUT2D eigenvalue weighted by Gasteiger charge is 2.24. The van der Waals surface area contributed by atoms with Crippen LogP contribution >= 0.6 is 0 Å². The maximum absolute atomic E-state index is 12.4. The Balaban J connectivity index is 2.78. The van der Waals surface area contributed by atoms with Gasteiger partial charge in [-0.05, 0) is 51.4 Å². The van der Waals surface area contributed by atoms with Crippen LogP contribution in [0.5, 0.6) is 0 Å². The fraction of sp³-hybridized carbons (Fsp3) is 0.562. The minimum absolute atomic E-state index is 0.00583. The molecule has 0 heterocycles. The van der Waals surface area contributed by atoms with Crippen LogP contribution in [0.3, 0.4) is 0 Å². The molecule has 2 unspecified atom stereocenters. The number of carbonyl (C=O) groups is 1. The Labute approximate surface area is 122 Å². The number of nitrogen functional groups attached to an aromatic ring is 1. The van der Waals surface area contributed by atoms with Crippen molar-refractivity contribution >= 4 is 17.3 Å². The van der Waals surface area contributed by atoms with Crippen molar-refractivity contribution in [1.82, 2.24) is 4.90 Å². The summed E-state index contributed by atoms with van der Waals surface area (Å²) in [6, 6.07) is 5.72. The van der Waals surface area contributed by atoms with E-state index in [1.807, 2.05) is 39.1 Å². The SMILES string of the molecule is Cc1c(N)cccc1NC(=O)C(C)N(C)C(C)C(C)C. The molecule has 0 aliphatic carbocycles. The van der Waals surface area contributed by atoms with Gasteiger partial charge in [0.1, 0.15) is 0 Å². The van der Waals surface area contributed by atoms with Crippen molar-refractivity contribution in [3.63, 3.8) is 0 Å². The van der Waals surface area contributed by atoms with E-state index < -0.39 is 0 Å². The Morgan fingerprint density at radius 1 is 1.25 bits per heavy atom. The largest absolute Gasteiger partial charge is 0.398 e. The first kappa shape index (κ1) is 16.5. The van der Waals surface area contributed by atoms with Crippen LogP contribution in [-0.2, 0) is 4.79 Å². The van der Waals surface area contributed by atoms with Crippen LogP contribution in [0, 0.1) is 12.8 Å². The number of nitrogens with two attached hydrogens (primary N) is 1. The summed E-state index contributed by atoms with van der Waals surface area (Å²) in [4.78, 5) is 14.4. The Morgan fingerprint density at radius 2 is 1.85 bits per heavy atom. The van der Waals surface area contributed by atoms with Crippen LogP contribution in [0.15, 0.2) is 18.2 Å². The molecule has 0 aliphatic rings. The summed E-state index contributed by atoms with van der Waals surface area (Å²) in [6.45, 7) is 10.3. The van der Waals surface area contributed by atoms with E-state index in [2.05, 4.69) is 31.0 Å². The lowest BCUT2D eigenvalue weighted by atomic mass is 10.0. The smallest absolute Gasteiger partial charge is 0.241 e. The molecule has 4 heteroatoms. The van der Waals surface area contributed by atoms with E-state index >= 15 is 0 Å². The third-order valence-corrected chi connectivity index (χ3v) is 4.23. The molecule has 112 valence electrons. The molecule has 1 amide bonds. The van der Waals surface area contributed by atoms with Crippen molar-refractivity contribution < 1.29 is 4.79 Å². The van der Waals surface area contributed by atoms with Crippen LogP contribution in [-0.4, -0.2) is 29.9 Å². The van der Waals surface area contributed by atoms with Gasteiger partial charge < -0.3 is 11.1 Å². The monoisotopic (exact) mass is 277 g/mol. The molecule has 0 saturated carbocycles. The number of likely N-dealkylation sites (N-methyl/N-ethyl adjacent to an activating group) is 1. The molecule has 3 N–H and O–H groups in total. The maximum Gasteiger partial charge on any atom is 0.241 e. The summed E-state index contributed by atoms with van der Waals surface area (Å²) < 4.78 is 0. The average Bonchev–Trinajstić information content (AvgIpc) is 2.41. The first-order valence-corrected chi connectivity index (χ1v) is 7.13. The van der Waals surface area contributed by atoms with Crippen LogP contribution in [0.2, 0.25) is 0 Å². The zero-order valence-electron chi connectivity index (χ0n) is 13.4. The molecule has 0 radical (unpaired) electrons. The summed E-state index contributed by atoms with van der Waals surface area (Å²) in [5.74, 6) is 0.498. The van der Waals surface area contributed by atoms with Gasteiger partial charge in [0.15, 0.2) is 0 Å². The van der Waals surface area contributed by atoms with Gasteiger partial charge in [-0.15, -0.1) is 0 Å². The molecule has 1 aromatic rings. The molecular weight excluding hydrogens is 250 g/mol. The summed E-state index contributed by atoms with van der Waals surface area (Å²) >= 11 is 0. The highest BCUT2D eigenvalue weighted by Crippen LogP contribution is 2.21. The summed E-state index contributed by atoms with van der Waals surface area (Å²) in [5.41, 5.74) is 8.25. The lowest BCUT2D eigenvalue weighted by Gasteiger charge is -2.32. The second-order valence-corrected chi connectivity index (χ2v) is 5.84. The second-order valence-electron chi connectivity index (χ2n) is 5.84. The highest BCUT2D eigenvalue weighted by atomic mass is 16.2. The van der Waals surface area contributed by atoms with Gasteiger partial charge in [-0.1, -0.05) is 19.9 Å². The topological polar surface area (TPSA) is 58.4 Å². The summed E-state index contributed by atoms with van der Waals surface area (Å²) in [6.07, 6.45) is 0. The number of nitrogens with zero attached hydrogens (tertiary/aromatic N) is 1. The third kappa shape index (κ3) is 3.73. The summed E-state index contributed by atoms with van der Waals surface area (Å²) in [7, 11) is 1.99. The number of amides is 1. The Bertz CT molecular complexity index is 471. The molecule has 0 saturated heterocycles. The molecule has 0 aliphatic heterocycles. The number of hydrogen-bond donors (Lipinski definition) is 2. The zero-order chi connectivity index (χ0) is 15.4. The van der Waals surface area contributed by atoms with E-state index in [1.165, 1.54) is 0 Å². The van der Waals surface area contributed by atoms with Crippen molar-refractivity contribution in [3.05, 3.63) is 23.8 Å². The fourth-order valence-corrected chi connectivity index (χ4v) is 2.03. The number of anilines is 2. The predicted molar refractivity (Wildman–Crippen MR) is 85.7 cm³/mol. The van der Waals surface area contributed by atoms with Gasteiger partial charge in [0, 0.05) is 17.4 Å². The van der Waals surface area contributed by atoms with Crippen molar-refractivity contribution in [2.24, 2.45) is 5.92 Å². The number of carbonyl (C=O) groups excluding carboxylic acids is 1. The quantitative estimate of drug-likeness (QED) is 0.814. The Morgan fingerprint density at radius 3 is 2.40 bits per heavy atom. The van der Waals surface area contributed by atoms with Gasteiger partial charge in [0.25, 0.3) is 0 Å². The van der Waals surface area contributed by atoms with E-state index in [0.29, 0.717) is 17.6 Å². The predicted octanol–water partition coefficient (Wildman–Crippen LogP) is 2.88. The average molecular weight is 277 g/mol. The second kappa shape index (κ2) is 6.75. The molecule has 2 atom stereocenters. The molecule has 1 rings (SSSR count). The molecule has 20 heavy (non-hydrogen) atoms.